The lowest BCUT2D eigenvalue weighted by atomic mass is 10.0. The van der Waals surface area contributed by atoms with E-state index in [-0.39, 0.29) is 6.08 Å². The van der Waals surface area contributed by atoms with Crippen molar-refractivity contribution < 1.29 is 102 Å². The van der Waals surface area contributed by atoms with Gasteiger partial charge >= 0.3 is 60.5 Å². The zero-order chi connectivity index (χ0) is 28.9. The molecule has 0 amide bonds. The van der Waals surface area contributed by atoms with Gasteiger partial charge in [0.2, 0.25) is 0 Å². The number of halogens is 19. The van der Waals surface area contributed by atoms with Crippen LogP contribution in [0.3, 0.4) is 0 Å². The highest BCUT2D eigenvalue weighted by Crippen LogP contribution is 2.60. The molecule has 23 heteroatoms. The summed E-state index contributed by atoms with van der Waals surface area (Å²) in [6.45, 7) is 2.34. The van der Waals surface area contributed by atoms with Crippen molar-refractivity contribution in [2.45, 2.75) is 54.5 Å². The van der Waals surface area contributed by atoms with Gasteiger partial charge in [-0.05, 0) is 0 Å². The Morgan fingerprint density at radius 2 is 0.943 bits per heavy atom. The van der Waals surface area contributed by atoms with Gasteiger partial charge in [-0.1, -0.05) is 6.58 Å². The molecule has 208 valence electrons. The van der Waals surface area contributed by atoms with E-state index >= 15 is 0 Å². The van der Waals surface area contributed by atoms with Gasteiger partial charge in [0.25, 0.3) is 0 Å². The number of alkyl halides is 19. The van der Waals surface area contributed by atoms with E-state index in [9.17, 15) is 88.2 Å². The first-order valence-electron chi connectivity index (χ1n) is 7.22. The van der Waals surface area contributed by atoms with Crippen molar-refractivity contribution in [1.82, 2.24) is 0 Å². The molecule has 0 aromatic heterocycles. The van der Waals surface area contributed by atoms with Gasteiger partial charge in [0, 0.05) is 6.08 Å². The van der Waals surface area contributed by atoms with Crippen LogP contribution < -0.4 is 0 Å². The molecule has 0 aromatic rings. The van der Waals surface area contributed by atoms with Crippen LogP contribution in [0.1, 0.15) is 0 Å². The molecule has 0 N–H and O–H groups in total. The van der Waals surface area contributed by atoms with Crippen LogP contribution in [-0.4, -0.2) is 60.5 Å². The number of rotatable bonds is 10. The fourth-order valence-corrected chi connectivity index (χ4v) is 1.48. The molecule has 0 saturated heterocycles. The fraction of sp³-hybridized carbons (Fsp3) is 0.750. The van der Waals surface area contributed by atoms with E-state index in [1.807, 2.05) is 0 Å². The molecule has 35 heavy (non-hydrogen) atoms. The molecule has 0 spiro atoms. The van der Waals surface area contributed by atoms with E-state index in [0.29, 0.717) is 0 Å². The van der Waals surface area contributed by atoms with Crippen molar-refractivity contribution in [3.63, 3.8) is 0 Å². The van der Waals surface area contributed by atoms with Crippen molar-refractivity contribution in [3.05, 3.63) is 12.7 Å². The molecule has 4 nitrogen and oxygen atoms in total. The molecule has 0 bridgehead atoms. The van der Waals surface area contributed by atoms with Crippen LogP contribution in [0.15, 0.2) is 12.7 Å². The first-order valence-corrected chi connectivity index (χ1v) is 7.22. The summed E-state index contributed by atoms with van der Waals surface area (Å²) in [5, 5.41) is 0. The number of hydrogen-bond donors (Lipinski definition) is 0. The maximum atomic E-state index is 13.8. The summed E-state index contributed by atoms with van der Waals surface area (Å²) >= 11 is 0. The van der Waals surface area contributed by atoms with Crippen LogP contribution in [0.5, 0.6) is 0 Å². The van der Waals surface area contributed by atoms with Crippen molar-refractivity contribution in [2.24, 2.45) is 0 Å². The first kappa shape index (κ1) is 32.8. The predicted molar refractivity (Wildman–Crippen MR) is 64.1 cm³/mol. The van der Waals surface area contributed by atoms with Gasteiger partial charge in [-0.15, -0.1) is 8.78 Å². The Hall–Kier alpha value is -2.20. The molecule has 0 saturated carbocycles. The number of esters is 1. The molecule has 0 aliphatic carbocycles. The summed E-state index contributed by atoms with van der Waals surface area (Å²) in [6.07, 6.45) is -39.0. The maximum Gasteiger partial charge on any atom is 0.542 e. The van der Waals surface area contributed by atoms with Crippen LogP contribution in [0.2, 0.25) is 0 Å². The standard InChI is InChI=1S/C12H3F19O4/c1-2-3(32)33-12(30,31)35-11(28,29)7(19,9(23,24)25)34-10(26,27)6(17,18)4(13,14)5(15,16)8(20,21)22/h2H,1H2. The van der Waals surface area contributed by atoms with E-state index < -0.39 is 60.5 Å². The first-order chi connectivity index (χ1) is 14.9. The zero-order valence-corrected chi connectivity index (χ0v) is 15.1. The molecule has 0 rings (SSSR count). The second-order valence-electron chi connectivity index (χ2n) is 5.64. The van der Waals surface area contributed by atoms with Crippen LogP contribution in [0.4, 0.5) is 83.4 Å². The fourth-order valence-electron chi connectivity index (χ4n) is 1.48. The Balaban J connectivity index is 6.69. The minimum absolute atomic E-state index is 0.351. The Morgan fingerprint density at radius 1 is 0.543 bits per heavy atom. The van der Waals surface area contributed by atoms with Crippen molar-refractivity contribution in [1.29, 1.82) is 0 Å². The molecule has 0 radical (unpaired) electrons. The van der Waals surface area contributed by atoms with Crippen molar-refractivity contribution in [3.8, 4) is 0 Å². The zero-order valence-electron chi connectivity index (χ0n) is 15.1. The number of carbonyl (C=O) groups is 1. The van der Waals surface area contributed by atoms with Gasteiger partial charge in [-0.3, -0.25) is 4.74 Å². The van der Waals surface area contributed by atoms with E-state index in [1.54, 1.807) is 4.74 Å². The lowest BCUT2D eigenvalue weighted by Crippen LogP contribution is -2.70. The molecule has 0 fully saturated rings. The highest BCUT2D eigenvalue weighted by Gasteiger charge is 2.90. The third-order valence-corrected chi connectivity index (χ3v) is 3.15. The molecule has 1 unspecified atom stereocenters. The number of carbonyl (C=O) groups excluding carboxylic acids is 1. The van der Waals surface area contributed by atoms with Gasteiger partial charge in [0.15, 0.2) is 0 Å². The van der Waals surface area contributed by atoms with Gasteiger partial charge in [0.1, 0.15) is 0 Å². The van der Waals surface area contributed by atoms with Crippen molar-refractivity contribution in [2.75, 3.05) is 0 Å². The summed E-state index contributed by atoms with van der Waals surface area (Å²) in [7, 11) is 0. The van der Waals surface area contributed by atoms with Gasteiger partial charge in [-0.25, -0.2) is 9.53 Å². The van der Waals surface area contributed by atoms with Crippen molar-refractivity contribution >= 4 is 5.97 Å². The van der Waals surface area contributed by atoms with E-state index in [4.69, 9.17) is 0 Å². The lowest BCUT2D eigenvalue weighted by molar-refractivity contribution is -0.565. The Kier molecular flexibility index (Phi) is 8.18. The third kappa shape index (κ3) is 5.63. The third-order valence-electron chi connectivity index (χ3n) is 3.15. The SMILES string of the molecule is C=CC(=O)OC(F)(F)OC(F)(F)C(F)(OC(F)(F)C(F)(F)C(F)(F)C(F)(F)C(F)(F)F)C(F)(F)F. The summed E-state index contributed by atoms with van der Waals surface area (Å²) in [4.78, 5) is 10.4. The average Bonchev–Trinajstić information content (AvgIpc) is 2.56. The summed E-state index contributed by atoms with van der Waals surface area (Å²) in [6, 6.07) is 0. The summed E-state index contributed by atoms with van der Waals surface area (Å²) < 4.78 is 250. The predicted octanol–water partition coefficient (Wildman–Crippen LogP) is 6.18. The van der Waals surface area contributed by atoms with Gasteiger partial charge in [0.05, 0.1) is 0 Å². The smallest absolute Gasteiger partial charge is 0.373 e. The van der Waals surface area contributed by atoms with Crippen LogP contribution in [0.25, 0.3) is 0 Å². The van der Waals surface area contributed by atoms with Gasteiger partial charge in [-0.2, -0.15) is 74.6 Å². The highest BCUT2D eigenvalue weighted by molar-refractivity contribution is 5.81. The van der Waals surface area contributed by atoms with Crippen LogP contribution in [0, 0.1) is 0 Å². The minimum Gasteiger partial charge on any atom is -0.373 e. The topological polar surface area (TPSA) is 44.8 Å². The monoisotopic (exact) mass is 572 g/mol. The summed E-state index contributed by atoms with van der Waals surface area (Å²) in [5.74, 6) is -36.2. The lowest BCUT2D eigenvalue weighted by Gasteiger charge is -2.41. The molecule has 0 aliphatic rings. The molecular weight excluding hydrogens is 569 g/mol. The van der Waals surface area contributed by atoms with Gasteiger partial charge < -0.3 is 4.74 Å². The Morgan fingerprint density at radius 3 is 1.26 bits per heavy atom. The second-order valence-corrected chi connectivity index (χ2v) is 5.64. The Labute approximate surface area is 177 Å². The molecule has 0 aromatic carbocycles. The number of hydrogen-bond acceptors (Lipinski definition) is 4. The van der Waals surface area contributed by atoms with E-state index in [2.05, 4.69) is 11.3 Å². The quantitative estimate of drug-likeness (QED) is 0.136. The Bertz CT molecular complexity index is 797. The van der Waals surface area contributed by atoms with Crippen LogP contribution >= 0.6 is 0 Å². The van der Waals surface area contributed by atoms with E-state index in [1.165, 1.54) is 4.74 Å². The minimum atomic E-state index is -8.63. The largest absolute Gasteiger partial charge is 0.542 e. The molecule has 0 heterocycles. The second kappa shape index (κ2) is 8.73. The normalized spacial score (nSPS) is 17.1. The van der Waals surface area contributed by atoms with E-state index in [0.717, 1.165) is 0 Å². The molecular formula is C12H3F19O4. The maximum absolute atomic E-state index is 13.8. The number of ether oxygens (including phenoxy) is 3. The molecule has 1 atom stereocenters. The van der Waals surface area contributed by atoms with Crippen LogP contribution in [-0.2, 0) is 19.0 Å². The average molecular weight is 572 g/mol. The molecule has 0 aliphatic heterocycles. The highest BCUT2D eigenvalue weighted by atomic mass is 19.4. The summed E-state index contributed by atoms with van der Waals surface area (Å²) in [5.41, 5.74) is 0.